The maximum atomic E-state index is 11.9. The summed E-state index contributed by atoms with van der Waals surface area (Å²) < 4.78 is 15.3. The molecule has 0 saturated heterocycles. The van der Waals surface area contributed by atoms with E-state index in [0.29, 0.717) is 0 Å². The number of halogens is 1. The molecule has 1 rings (SSSR count). The van der Waals surface area contributed by atoms with E-state index < -0.39 is 22.4 Å². The molecule has 22 heavy (non-hydrogen) atoms. The number of methoxy groups -OCH3 is 2. The summed E-state index contributed by atoms with van der Waals surface area (Å²) in [6.07, 6.45) is -1.03. The minimum absolute atomic E-state index is 0.0759. The van der Waals surface area contributed by atoms with Crippen molar-refractivity contribution in [2.75, 3.05) is 14.2 Å². The zero-order valence-electron chi connectivity index (χ0n) is 13.0. The minimum Gasteiger partial charge on any atom is -0.495 e. The van der Waals surface area contributed by atoms with Gasteiger partial charge in [-0.2, -0.15) is 0 Å². The number of carbonyl (C=O) groups is 1. The third kappa shape index (κ3) is 4.00. The molecule has 7 nitrogen and oxygen atoms in total. The Bertz CT molecular complexity index is 581. The second-order valence-corrected chi connectivity index (χ2v) is 6.01. The first-order valence-corrected chi connectivity index (χ1v) is 6.76. The first-order valence-electron chi connectivity index (χ1n) is 6.38. The maximum Gasteiger partial charge on any atom is 0.347 e. The summed E-state index contributed by atoms with van der Waals surface area (Å²) >= 11 is 5.89. The second-order valence-electron chi connectivity index (χ2n) is 5.60. The van der Waals surface area contributed by atoms with Gasteiger partial charge in [0.1, 0.15) is 5.75 Å². The summed E-state index contributed by atoms with van der Waals surface area (Å²) in [6, 6.07) is 2.40. The van der Waals surface area contributed by atoms with Gasteiger partial charge in [-0.15, -0.1) is 0 Å². The fourth-order valence-corrected chi connectivity index (χ4v) is 1.97. The molecule has 0 saturated carbocycles. The van der Waals surface area contributed by atoms with Gasteiger partial charge in [0.2, 0.25) is 11.9 Å². The first kappa shape index (κ1) is 18.0. The third-order valence-corrected chi connectivity index (χ3v) is 3.17. The van der Waals surface area contributed by atoms with Crippen molar-refractivity contribution < 1.29 is 23.9 Å². The molecule has 0 N–H and O–H groups in total. The van der Waals surface area contributed by atoms with Crippen LogP contribution in [0.25, 0.3) is 0 Å². The highest BCUT2D eigenvalue weighted by atomic mass is 35.5. The number of nitro groups is 1. The zero-order valence-corrected chi connectivity index (χ0v) is 13.8. The van der Waals surface area contributed by atoms with E-state index in [9.17, 15) is 14.9 Å². The number of nitrogens with zero attached hydrogens (tertiary/aromatic N) is 1. The number of rotatable bonds is 5. The van der Waals surface area contributed by atoms with Crippen LogP contribution in [0.2, 0.25) is 5.02 Å². The first-order chi connectivity index (χ1) is 10.1. The van der Waals surface area contributed by atoms with Crippen LogP contribution in [-0.2, 0) is 9.53 Å². The van der Waals surface area contributed by atoms with Gasteiger partial charge < -0.3 is 14.2 Å². The molecule has 0 aliphatic carbocycles. The number of ether oxygens (including phenoxy) is 3. The van der Waals surface area contributed by atoms with Crippen molar-refractivity contribution >= 4 is 23.3 Å². The molecular formula is C14H18ClNO6. The molecular weight excluding hydrogens is 314 g/mol. The Morgan fingerprint density at radius 2 is 1.86 bits per heavy atom. The van der Waals surface area contributed by atoms with Gasteiger partial charge in [-0.3, -0.25) is 10.1 Å². The molecule has 0 bridgehead atoms. The van der Waals surface area contributed by atoms with Crippen molar-refractivity contribution in [2.45, 2.75) is 26.9 Å². The SMILES string of the molecule is COC(=O)C(Oc1cc(OC)c(Cl)cc1[N+](=O)[O-])C(C)(C)C. The Hall–Kier alpha value is -2.02. The molecule has 0 aliphatic heterocycles. The van der Waals surface area contributed by atoms with E-state index in [2.05, 4.69) is 0 Å². The van der Waals surface area contributed by atoms with Gasteiger partial charge in [0.05, 0.1) is 24.2 Å². The molecule has 0 aliphatic rings. The molecule has 1 aromatic carbocycles. The van der Waals surface area contributed by atoms with Crippen LogP contribution in [0.4, 0.5) is 5.69 Å². The lowest BCUT2D eigenvalue weighted by molar-refractivity contribution is -0.386. The van der Waals surface area contributed by atoms with Crippen molar-refractivity contribution in [3.05, 3.63) is 27.3 Å². The van der Waals surface area contributed by atoms with E-state index >= 15 is 0 Å². The molecule has 0 aromatic heterocycles. The fourth-order valence-electron chi connectivity index (χ4n) is 1.73. The molecule has 0 radical (unpaired) electrons. The number of hydrogen-bond acceptors (Lipinski definition) is 6. The van der Waals surface area contributed by atoms with E-state index in [1.54, 1.807) is 20.8 Å². The molecule has 122 valence electrons. The molecule has 0 amide bonds. The summed E-state index contributed by atoms with van der Waals surface area (Å²) in [5.74, 6) is -0.535. The normalized spacial score (nSPS) is 12.5. The molecule has 1 aromatic rings. The minimum atomic E-state index is -1.03. The van der Waals surface area contributed by atoms with Crippen LogP contribution in [0.15, 0.2) is 12.1 Å². The highest BCUT2D eigenvalue weighted by Gasteiger charge is 2.36. The summed E-state index contributed by atoms with van der Waals surface area (Å²) in [4.78, 5) is 22.4. The van der Waals surface area contributed by atoms with Crippen molar-refractivity contribution in [1.29, 1.82) is 0 Å². The number of esters is 1. The predicted octanol–water partition coefficient (Wildman–Crippen LogP) is 3.22. The highest BCUT2D eigenvalue weighted by Crippen LogP contribution is 2.39. The van der Waals surface area contributed by atoms with Gasteiger partial charge >= 0.3 is 11.7 Å². The summed E-state index contributed by atoms with van der Waals surface area (Å²) in [5, 5.41) is 11.2. The van der Waals surface area contributed by atoms with Crippen LogP contribution in [0.3, 0.4) is 0 Å². The van der Waals surface area contributed by atoms with Gasteiger partial charge in [0.25, 0.3) is 0 Å². The van der Waals surface area contributed by atoms with E-state index in [1.165, 1.54) is 20.3 Å². The largest absolute Gasteiger partial charge is 0.495 e. The van der Waals surface area contributed by atoms with Crippen LogP contribution in [-0.4, -0.2) is 31.2 Å². The van der Waals surface area contributed by atoms with Crippen LogP contribution in [0, 0.1) is 15.5 Å². The van der Waals surface area contributed by atoms with Crippen molar-refractivity contribution in [1.82, 2.24) is 0 Å². The van der Waals surface area contributed by atoms with Crippen molar-refractivity contribution in [3.63, 3.8) is 0 Å². The monoisotopic (exact) mass is 331 g/mol. The maximum absolute atomic E-state index is 11.9. The average molecular weight is 332 g/mol. The lowest BCUT2D eigenvalue weighted by atomic mass is 9.89. The second kappa shape index (κ2) is 6.83. The highest BCUT2D eigenvalue weighted by molar-refractivity contribution is 6.32. The van der Waals surface area contributed by atoms with Gasteiger partial charge in [-0.05, 0) is 0 Å². The standard InChI is InChI=1S/C14H18ClNO6/c1-14(2,3)12(13(17)21-5)22-11-7-10(20-4)8(15)6-9(11)16(18)19/h6-7,12H,1-5H3. The Kier molecular flexibility index (Phi) is 5.59. The molecule has 1 unspecified atom stereocenters. The molecule has 0 heterocycles. The molecule has 8 heteroatoms. The Balaban J connectivity index is 3.34. The number of benzene rings is 1. The van der Waals surface area contributed by atoms with Crippen molar-refractivity contribution in [2.24, 2.45) is 5.41 Å². The third-order valence-electron chi connectivity index (χ3n) is 2.88. The lowest BCUT2D eigenvalue weighted by Crippen LogP contribution is -2.40. The van der Waals surface area contributed by atoms with E-state index in [1.807, 2.05) is 0 Å². The number of hydrogen-bond donors (Lipinski definition) is 0. The predicted molar refractivity (Wildman–Crippen MR) is 80.5 cm³/mol. The summed E-state index contributed by atoms with van der Waals surface area (Å²) in [7, 11) is 2.60. The zero-order chi connectivity index (χ0) is 17.1. The Morgan fingerprint density at radius 3 is 2.27 bits per heavy atom. The van der Waals surface area contributed by atoms with Gasteiger partial charge in [-0.25, -0.2) is 4.79 Å². The Labute approximate surface area is 133 Å². The van der Waals surface area contributed by atoms with Crippen LogP contribution < -0.4 is 9.47 Å². The number of nitro benzene ring substituents is 1. The van der Waals surface area contributed by atoms with E-state index in [4.69, 9.17) is 25.8 Å². The van der Waals surface area contributed by atoms with E-state index in [0.717, 1.165) is 6.07 Å². The van der Waals surface area contributed by atoms with E-state index in [-0.39, 0.29) is 22.2 Å². The Morgan fingerprint density at radius 1 is 1.27 bits per heavy atom. The topological polar surface area (TPSA) is 87.9 Å². The van der Waals surface area contributed by atoms with Gasteiger partial charge in [0, 0.05) is 17.5 Å². The van der Waals surface area contributed by atoms with Crippen LogP contribution in [0.1, 0.15) is 20.8 Å². The van der Waals surface area contributed by atoms with Gasteiger partial charge in [0.15, 0.2) is 0 Å². The quantitative estimate of drug-likeness (QED) is 0.467. The summed E-state index contributed by atoms with van der Waals surface area (Å²) in [6.45, 7) is 5.27. The molecule has 0 spiro atoms. The fraction of sp³-hybridized carbons (Fsp3) is 0.500. The van der Waals surface area contributed by atoms with Crippen LogP contribution >= 0.6 is 11.6 Å². The number of carbonyl (C=O) groups excluding carboxylic acids is 1. The van der Waals surface area contributed by atoms with Gasteiger partial charge in [-0.1, -0.05) is 32.4 Å². The van der Waals surface area contributed by atoms with Crippen molar-refractivity contribution in [3.8, 4) is 11.5 Å². The average Bonchev–Trinajstić information content (AvgIpc) is 2.43. The smallest absolute Gasteiger partial charge is 0.347 e. The molecule has 1 atom stereocenters. The lowest BCUT2D eigenvalue weighted by Gasteiger charge is -2.28. The summed E-state index contributed by atoms with van der Waals surface area (Å²) in [5.41, 5.74) is -0.989. The van der Waals surface area contributed by atoms with Crippen LogP contribution in [0.5, 0.6) is 11.5 Å². The molecule has 0 fully saturated rings.